The maximum absolute atomic E-state index is 12.6. The minimum atomic E-state index is -0.720. The number of carbonyl (C=O) groups excluding carboxylic acids is 1. The summed E-state index contributed by atoms with van der Waals surface area (Å²) < 4.78 is 1.83. The Bertz CT molecular complexity index is 962. The van der Waals surface area contributed by atoms with Crippen molar-refractivity contribution < 1.29 is 10.0 Å². The fourth-order valence-corrected chi connectivity index (χ4v) is 2.70. The summed E-state index contributed by atoms with van der Waals surface area (Å²) in [6.07, 6.45) is 4.92. The van der Waals surface area contributed by atoms with Crippen molar-refractivity contribution in [2.75, 3.05) is 7.05 Å². The molecule has 0 unspecified atom stereocenters. The lowest BCUT2D eigenvalue weighted by Crippen LogP contribution is -2.29. The van der Waals surface area contributed by atoms with Gasteiger partial charge in [-0.1, -0.05) is 6.07 Å². The van der Waals surface area contributed by atoms with Gasteiger partial charge in [-0.2, -0.15) is 0 Å². The number of carbonyl (C=O) groups is 1. The van der Waals surface area contributed by atoms with Crippen LogP contribution in [0.4, 0.5) is 0 Å². The lowest BCUT2D eigenvalue weighted by atomic mass is 10.0. The van der Waals surface area contributed by atoms with E-state index in [2.05, 4.69) is 4.98 Å². The molecule has 2 heterocycles. The molecule has 0 saturated carbocycles. The molecule has 0 saturated heterocycles. The van der Waals surface area contributed by atoms with Crippen LogP contribution in [0.5, 0.6) is 0 Å². The van der Waals surface area contributed by atoms with Gasteiger partial charge in [0.25, 0.3) is 5.91 Å². The predicted octanol–water partition coefficient (Wildman–Crippen LogP) is 2.54. The number of nitrogens with zero attached hydrogens (tertiary/aromatic N) is 3. The van der Waals surface area contributed by atoms with E-state index in [1.165, 1.54) is 13.2 Å². The van der Waals surface area contributed by atoms with Crippen LogP contribution in [0.1, 0.15) is 17.3 Å². The average Bonchev–Trinajstić information content (AvgIpc) is 2.62. The fourth-order valence-electron chi connectivity index (χ4n) is 2.70. The SMILES string of the molecule is CCn1cc(C(=O)N(C)O)c(=O)c2ccc(-c3ccncc3)cc21. The van der Waals surface area contributed by atoms with Gasteiger partial charge in [0.15, 0.2) is 0 Å². The Kier molecular flexibility index (Phi) is 4.14. The van der Waals surface area contributed by atoms with E-state index in [0.717, 1.165) is 16.6 Å². The molecule has 1 N–H and O–H groups in total. The third-order valence-electron chi connectivity index (χ3n) is 3.96. The Labute approximate surface area is 138 Å². The Morgan fingerprint density at radius 3 is 2.54 bits per heavy atom. The summed E-state index contributed by atoms with van der Waals surface area (Å²) in [6, 6.07) is 9.28. The molecule has 0 aliphatic carbocycles. The van der Waals surface area contributed by atoms with Crippen molar-refractivity contribution in [1.29, 1.82) is 0 Å². The zero-order valence-corrected chi connectivity index (χ0v) is 13.4. The summed E-state index contributed by atoms with van der Waals surface area (Å²) >= 11 is 0. The van der Waals surface area contributed by atoms with Crippen molar-refractivity contribution in [3.05, 3.63) is 64.7 Å². The van der Waals surface area contributed by atoms with Crippen molar-refractivity contribution >= 4 is 16.8 Å². The summed E-state index contributed by atoms with van der Waals surface area (Å²) in [4.78, 5) is 28.6. The number of benzene rings is 1. The number of hydrogen-bond donors (Lipinski definition) is 1. The van der Waals surface area contributed by atoms with E-state index >= 15 is 0 Å². The van der Waals surface area contributed by atoms with Crippen LogP contribution in [0.2, 0.25) is 0 Å². The van der Waals surface area contributed by atoms with Crippen LogP contribution in [-0.2, 0) is 6.54 Å². The first kappa shape index (κ1) is 15.9. The topological polar surface area (TPSA) is 75.4 Å². The third-order valence-corrected chi connectivity index (χ3v) is 3.96. The molecule has 24 heavy (non-hydrogen) atoms. The molecule has 0 spiro atoms. The van der Waals surface area contributed by atoms with E-state index in [1.807, 2.05) is 35.8 Å². The van der Waals surface area contributed by atoms with E-state index in [9.17, 15) is 14.8 Å². The lowest BCUT2D eigenvalue weighted by Gasteiger charge is -2.14. The summed E-state index contributed by atoms with van der Waals surface area (Å²) in [5, 5.41) is 10.2. The number of rotatable bonds is 3. The van der Waals surface area contributed by atoms with Crippen molar-refractivity contribution in [2.24, 2.45) is 0 Å². The third kappa shape index (κ3) is 2.68. The molecule has 0 radical (unpaired) electrons. The molecule has 6 heteroatoms. The van der Waals surface area contributed by atoms with E-state index in [0.29, 0.717) is 17.0 Å². The van der Waals surface area contributed by atoms with E-state index in [1.54, 1.807) is 18.5 Å². The van der Waals surface area contributed by atoms with Gasteiger partial charge in [0, 0.05) is 37.6 Å². The van der Waals surface area contributed by atoms with Crippen LogP contribution in [0.15, 0.2) is 53.7 Å². The summed E-state index contributed by atoms with van der Waals surface area (Å²) in [7, 11) is 1.20. The maximum Gasteiger partial charge on any atom is 0.282 e. The number of hydrogen-bond acceptors (Lipinski definition) is 4. The fraction of sp³-hybridized carbons (Fsp3) is 0.167. The lowest BCUT2D eigenvalue weighted by molar-refractivity contribution is -0.0376. The second-order valence-electron chi connectivity index (χ2n) is 5.45. The summed E-state index contributed by atoms with van der Waals surface area (Å²) in [5.41, 5.74) is 2.27. The first-order valence-corrected chi connectivity index (χ1v) is 7.57. The standard InChI is InChI=1S/C18H17N3O3/c1-3-21-11-15(18(23)20(2)24)17(22)14-5-4-13(10-16(14)21)12-6-8-19-9-7-12/h4-11,24H,3H2,1-2H3. The average molecular weight is 323 g/mol. The normalized spacial score (nSPS) is 10.8. The van der Waals surface area contributed by atoms with Gasteiger partial charge in [0.2, 0.25) is 5.43 Å². The van der Waals surface area contributed by atoms with Crippen LogP contribution in [0.3, 0.4) is 0 Å². The minimum Gasteiger partial charge on any atom is -0.347 e. The van der Waals surface area contributed by atoms with Crippen LogP contribution < -0.4 is 5.43 Å². The molecule has 1 amide bonds. The summed E-state index contributed by atoms with van der Waals surface area (Å²) in [5.74, 6) is -0.720. The quantitative estimate of drug-likeness (QED) is 0.594. The Hall–Kier alpha value is -2.99. The highest BCUT2D eigenvalue weighted by Crippen LogP contribution is 2.23. The van der Waals surface area contributed by atoms with Gasteiger partial charge in [-0.3, -0.25) is 19.8 Å². The molecule has 3 aromatic rings. The van der Waals surface area contributed by atoms with E-state index in [-0.39, 0.29) is 11.0 Å². The first-order chi connectivity index (χ1) is 11.5. The minimum absolute atomic E-state index is 0.0500. The largest absolute Gasteiger partial charge is 0.347 e. The van der Waals surface area contributed by atoms with E-state index in [4.69, 9.17) is 0 Å². The predicted molar refractivity (Wildman–Crippen MR) is 91.0 cm³/mol. The van der Waals surface area contributed by atoms with Crippen molar-refractivity contribution in [3.8, 4) is 11.1 Å². The van der Waals surface area contributed by atoms with Crippen LogP contribution >= 0.6 is 0 Å². The molecular formula is C18H17N3O3. The number of pyridine rings is 2. The van der Waals surface area contributed by atoms with Gasteiger partial charge in [-0.15, -0.1) is 0 Å². The smallest absolute Gasteiger partial charge is 0.282 e. The van der Waals surface area contributed by atoms with Gasteiger partial charge in [-0.05, 0) is 42.3 Å². The van der Waals surface area contributed by atoms with Gasteiger partial charge in [-0.25, -0.2) is 5.06 Å². The highest BCUT2D eigenvalue weighted by molar-refractivity contribution is 5.97. The van der Waals surface area contributed by atoms with Gasteiger partial charge in [0.05, 0.1) is 5.52 Å². The zero-order valence-electron chi connectivity index (χ0n) is 13.4. The molecule has 122 valence electrons. The van der Waals surface area contributed by atoms with E-state index < -0.39 is 5.91 Å². The van der Waals surface area contributed by atoms with Crippen molar-refractivity contribution in [3.63, 3.8) is 0 Å². The summed E-state index contributed by atoms with van der Waals surface area (Å²) in [6.45, 7) is 2.52. The van der Waals surface area contributed by atoms with Gasteiger partial charge >= 0.3 is 0 Å². The molecule has 0 aliphatic rings. The van der Waals surface area contributed by atoms with Crippen LogP contribution in [0, 0.1) is 0 Å². The van der Waals surface area contributed by atoms with Gasteiger partial charge < -0.3 is 4.57 Å². The zero-order chi connectivity index (χ0) is 17.3. The van der Waals surface area contributed by atoms with Gasteiger partial charge in [0.1, 0.15) is 5.56 Å². The maximum atomic E-state index is 12.6. The second-order valence-corrected chi connectivity index (χ2v) is 5.45. The first-order valence-electron chi connectivity index (χ1n) is 7.57. The molecular weight excluding hydrogens is 306 g/mol. The monoisotopic (exact) mass is 323 g/mol. The number of amides is 1. The number of fused-ring (bicyclic) bond motifs is 1. The molecule has 0 aliphatic heterocycles. The van der Waals surface area contributed by atoms with Crippen molar-refractivity contribution in [2.45, 2.75) is 13.5 Å². The highest BCUT2D eigenvalue weighted by atomic mass is 16.5. The molecule has 6 nitrogen and oxygen atoms in total. The Morgan fingerprint density at radius 1 is 1.21 bits per heavy atom. The van der Waals surface area contributed by atoms with Crippen molar-refractivity contribution in [1.82, 2.24) is 14.6 Å². The Morgan fingerprint density at radius 2 is 1.92 bits per heavy atom. The number of aryl methyl sites for hydroxylation is 1. The Balaban J connectivity index is 2.26. The highest BCUT2D eigenvalue weighted by Gasteiger charge is 2.18. The number of hydroxylamine groups is 2. The number of aromatic nitrogens is 2. The molecule has 0 atom stereocenters. The van der Waals surface area contributed by atoms with Crippen LogP contribution in [0.25, 0.3) is 22.0 Å². The second kappa shape index (κ2) is 6.25. The molecule has 0 fully saturated rings. The molecule has 1 aromatic carbocycles. The van der Waals surface area contributed by atoms with Crippen LogP contribution in [-0.4, -0.2) is 32.8 Å². The molecule has 2 aromatic heterocycles. The molecule has 3 rings (SSSR count). The molecule has 0 bridgehead atoms.